The van der Waals surface area contributed by atoms with Gasteiger partial charge in [0, 0.05) is 25.9 Å². The van der Waals surface area contributed by atoms with Gasteiger partial charge in [0.2, 0.25) is 0 Å². The van der Waals surface area contributed by atoms with Gasteiger partial charge >= 0.3 is 0 Å². The van der Waals surface area contributed by atoms with Gasteiger partial charge in [0.25, 0.3) is 0 Å². The molecule has 2 N–H and O–H groups in total. The standard InChI is InChI=1S/C6H16N3P/c1-7-3-9-4-8-5-10(2)6-9/h7-8H,3-6H2,1-2H3. The van der Waals surface area contributed by atoms with Crippen molar-refractivity contribution in [3.8, 4) is 0 Å². The molecule has 1 heterocycles. The van der Waals surface area contributed by atoms with E-state index in [9.17, 15) is 0 Å². The lowest BCUT2D eigenvalue weighted by Crippen LogP contribution is -2.43. The first-order valence-electron chi connectivity index (χ1n) is 3.59. The van der Waals surface area contributed by atoms with E-state index in [1.165, 1.54) is 12.6 Å². The molecule has 1 fully saturated rings. The molecule has 0 bridgehead atoms. The summed E-state index contributed by atoms with van der Waals surface area (Å²) in [5.74, 6) is 0. The van der Waals surface area contributed by atoms with Gasteiger partial charge in [-0.25, -0.2) is 0 Å². The van der Waals surface area contributed by atoms with Gasteiger partial charge in [-0.15, -0.1) is 0 Å². The first-order chi connectivity index (χ1) is 4.83. The highest BCUT2D eigenvalue weighted by Gasteiger charge is 2.13. The number of rotatable bonds is 2. The van der Waals surface area contributed by atoms with E-state index in [4.69, 9.17) is 0 Å². The maximum Gasteiger partial charge on any atom is 0.0498 e. The molecule has 0 aromatic rings. The van der Waals surface area contributed by atoms with E-state index in [1.54, 1.807) is 0 Å². The topological polar surface area (TPSA) is 27.3 Å². The molecule has 0 radical (unpaired) electrons. The Balaban J connectivity index is 2.18. The van der Waals surface area contributed by atoms with Crippen molar-refractivity contribution in [2.75, 3.05) is 39.6 Å². The summed E-state index contributed by atoms with van der Waals surface area (Å²) in [4.78, 5) is 2.40. The van der Waals surface area contributed by atoms with Gasteiger partial charge in [-0.05, 0) is 13.7 Å². The largest absolute Gasteiger partial charge is 0.307 e. The number of nitrogens with one attached hydrogen (secondary N) is 2. The lowest BCUT2D eigenvalue weighted by Gasteiger charge is -2.31. The maximum absolute atomic E-state index is 3.38. The van der Waals surface area contributed by atoms with Gasteiger partial charge in [0.1, 0.15) is 0 Å². The minimum Gasteiger partial charge on any atom is -0.307 e. The molecule has 1 saturated heterocycles. The number of hydrogen-bond acceptors (Lipinski definition) is 3. The minimum absolute atomic E-state index is 0.232. The van der Waals surface area contributed by atoms with Gasteiger partial charge in [0.15, 0.2) is 0 Å². The van der Waals surface area contributed by atoms with Crippen LogP contribution in [0.3, 0.4) is 0 Å². The maximum atomic E-state index is 3.38. The Morgan fingerprint density at radius 2 is 2.50 bits per heavy atom. The Morgan fingerprint density at radius 3 is 3.10 bits per heavy atom. The van der Waals surface area contributed by atoms with E-state index in [0.717, 1.165) is 13.3 Å². The molecule has 4 heteroatoms. The summed E-state index contributed by atoms with van der Waals surface area (Å²) >= 11 is 0. The molecule has 0 saturated carbocycles. The summed E-state index contributed by atoms with van der Waals surface area (Å²) in [6.45, 7) is 4.40. The molecule has 1 aliphatic rings. The van der Waals surface area contributed by atoms with Gasteiger partial charge in [-0.3, -0.25) is 4.90 Å². The van der Waals surface area contributed by atoms with Crippen molar-refractivity contribution in [2.45, 2.75) is 0 Å². The van der Waals surface area contributed by atoms with Crippen molar-refractivity contribution in [3.05, 3.63) is 0 Å². The quantitative estimate of drug-likeness (QED) is 0.560. The smallest absolute Gasteiger partial charge is 0.0498 e. The first kappa shape index (κ1) is 8.41. The third kappa shape index (κ3) is 2.51. The van der Waals surface area contributed by atoms with E-state index < -0.39 is 0 Å². The highest BCUT2D eigenvalue weighted by atomic mass is 31.1. The lowest BCUT2D eigenvalue weighted by atomic mass is 10.8. The minimum atomic E-state index is 0.232. The molecule has 1 atom stereocenters. The molecular weight excluding hydrogens is 145 g/mol. The van der Waals surface area contributed by atoms with E-state index in [0.29, 0.717) is 0 Å². The van der Waals surface area contributed by atoms with Crippen LogP contribution in [0.25, 0.3) is 0 Å². The van der Waals surface area contributed by atoms with Crippen molar-refractivity contribution < 1.29 is 0 Å². The van der Waals surface area contributed by atoms with Gasteiger partial charge in [-0.1, -0.05) is 7.92 Å². The second-order valence-electron chi connectivity index (χ2n) is 2.75. The summed E-state index contributed by atoms with van der Waals surface area (Å²) in [5.41, 5.74) is 0. The Labute approximate surface area is 63.9 Å². The van der Waals surface area contributed by atoms with Crippen LogP contribution in [-0.4, -0.2) is 44.5 Å². The molecular formula is C6H16N3P. The van der Waals surface area contributed by atoms with Crippen molar-refractivity contribution in [2.24, 2.45) is 0 Å². The summed E-state index contributed by atoms with van der Waals surface area (Å²) in [6.07, 6.45) is 2.51. The first-order valence-corrected chi connectivity index (χ1v) is 5.75. The molecule has 0 aromatic heterocycles. The third-order valence-electron chi connectivity index (χ3n) is 1.54. The lowest BCUT2D eigenvalue weighted by molar-refractivity contribution is 0.275. The molecule has 0 amide bonds. The highest BCUT2D eigenvalue weighted by molar-refractivity contribution is 7.56. The van der Waals surface area contributed by atoms with E-state index in [2.05, 4.69) is 22.2 Å². The fourth-order valence-electron chi connectivity index (χ4n) is 1.17. The third-order valence-corrected chi connectivity index (χ3v) is 3.19. The van der Waals surface area contributed by atoms with Crippen LogP contribution in [0.4, 0.5) is 0 Å². The van der Waals surface area contributed by atoms with Crippen LogP contribution in [0, 0.1) is 0 Å². The molecule has 0 spiro atoms. The number of nitrogens with zero attached hydrogens (tertiary/aromatic N) is 1. The van der Waals surface area contributed by atoms with Gasteiger partial charge in [0.05, 0.1) is 0 Å². The predicted octanol–water partition coefficient (Wildman–Crippen LogP) is 0.0527. The van der Waals surface area contributed by atoms with E-state index in [1.807, 2.05) is 7.05 Å². The molecule has 1 rings (SSSR count). The summed E-state index contributed by atoms with van der Waals surface area (Å²) in [7, 11) is 2.22. The van der Waals surface area contributed by atoms with E-state index >= 15 is 0 Å². The van der Waals surface area contributed by atoms with Crippen molar-refractivity contribution >= 4 is 7.92 Å². The normalized spacial score (nSPS) is 28.8. The van der Waals surface area contributed by atoms with Gasteiger partial charge < -0.3 is 10.6 Å². The van der Waals surface area contributed by atoms with Crippen LogP contribution in [0.15, 0.2) is 0 Å². The molecule has 3 nitrogen and oxygen atoms in total. The molecule has 0 aliphatic carbocycles. The zero-order chi connectivity index (χ0) is 7.40. The molecule has 1 unspecified atom stereocenters. The number of hydrogen-bond donors (Lipinski definition) is 2. The Hall–Kier alpha value is 0.310. The second-order valence-corrected chi connectivity index (χ2v) is 5.06. The Kier molecular flexibility index (Phi) is 3.57. The van der Waals surface area contributed by atoms with Crippen LogP contribution in [0.2, 0.25) is 0 Å². The fourth-order valence-corrected chi connectivity index (χ4v) is 2.63. The zero-order valence-corrected chi connectivity index (χ0v) is 7.62. The molecule has 1 aliphatic heterocycles. The molecule has 60 valence electrons. The van der Waals surface area contributed by atoms with Crippen LogP contribution in [0.1, 0.15) is 0 Å². The average Bonchev–Trinajstić information content (AvgIpc) is 1.88. The monoisotopic (exact) mass is 161 g/mol. The van der Waals surface area contributed by atoms with Crippen LogP contribution in [0.5, 0.6) is 0 Å². The zero-order valence-electron chi connectivity index (χ0n) is 6.72. The summed E-state index contributed by atoms with van der Waals surface area (Å²) < 4.78 is 0. The second kappa shape index (κ2) is 4.24. The van der Waals surface area contributed by atoms with Crippen molar-refractivity contribution in [1.82, 2.24) is 15.5 Å². The van der Waals surface area contributed by atoms with Crippen LogP contribution in [-0.2, 0) is 0 Å². The van der Waals surface area contributed by atoms with Crippen molar-refractivity contribution in [1.29, 1.82) is 0 Å². The summed E-state index contributed by atoms with van der Waals surface area (Å²) in [5, 5.41) is 6.54. The van der Waals surface area contributed by atoms with Gasteiger partial charge in [-0.2, -0.15) is 0 Å². The predicted molar refractivity (Wildman–Crippen MR) is 46.3 cm³/mol. The van der Waals surface area contributed by atoms with Crippen molar-refractivity contribution in [3.63, 3.8) is 0 Å². The summed E-state index contributed by atoms with van der Waals surface area (Å²) in [6, 6.07) is 0. The highest BCUT2D eigenvalue weighted by Crippen LogP contribution is 2.31. The molecule has 0 aromatic carbocycles. The SMILES string of the molecule is CNCN1CNCP(C)C1. The van der Waals surface area contributed by atoms with E-state index in [-0.39, 0.29) is 7.92 Å². The Bertz CT molecular complexity index is 97.0. The van der Waals surface area contributed by atoms with Crippen LogP contribution >= 0.6 is 7.92 Å². The Morgan fingerprint density at radius 1 is 1.70 bits per heavy atom. The average molecular weight is 161 g/mol. The van der Waals surface area contributed by atoms with Crippen LogP contribution < -0.4 is 10.6 Å². The molecule has 10 heavy (non-hydrogen) atoms. The fraction of sp³-hybridized carbons (Fsp3) is 1.00.